The molecule has 1 amide bonds. The van der Waals surface area contributed by atoms with Gasteiger partial charge in [-0.3, -0.25) is 4.79 Å². The van der Waals surface area contributed by atoms with Crippen molar-refractivity contribution in [2.45, 2.75) is 5.51 Å². The van der Waals surface area contributed by atoms with Gasteiger partial charge in [0.15, 0.2) is 11.5 Å². The van der Waals surface area contributed by atoms with Gasteiger partial charge in [0.2, 0.25) is 0 Å². The van der Waals surface area contributed by atoms with E-state index in [1.54, 1.807) is 0 Å². The molecule has 0 heterocycles. The number of nitrogens with one attached hydrogen (secondary N) is 1. The molecule has 0 unspecified atom stereocenters. The third kappa shape index (κ3) is 3.04. The highest BCUT2D eigenvalue weighted by Gasteiger charge is 2.47. The number of methoxy groups -OCH3 is 1. The molecular weight excluding hydrogens is 307 g/mol. The van der Waals surface area contributed by atoms with Crippen LogP contribution in [0.4, 0.5) is 13.2 Å². The van der Waals surface area contributed by atoms with E-state index < -0.39 is 44.3 Å². The summed E-state index contributed by atoms with van der Waals surface area (Å²) in [4.78, 5) is 11.3. The van der Waals surface area contributed by atoms with Crippen molar-refractivity contribution in [2.24, 2.45) is 0 Å². The van der Waals surface area contributed by atoms with E-state index in [-0.39, 0.29) is 0 Å². The minimum Gasteiger partial charge on any atom is -0.870 e. The highest BCUT2D eigenvalue weighted by atomic mass is 32.2. The van der Waals surface area contributed by atoms with Crippen molar-refractivity contribution in [1.29, 1.82) is 0 Å². The van der Waals surface area contributed by atoms with Crippen LogP contribution in [-0.4, -0.2) is 32.0 Å². The van der Waals surface area contributed by atoms with Crippen molar-refractivity contribution < 1.29 is 41.3 Å². The lowest BCUT2D eigenvalue weighted by Crippen LogP contribution is -2.40. The van der Waals surface area contributed by atoms with E-state index in [0.29, 0.717) is 12.1 Å². The van der Waals surface area contributed by atoms with Crippen molar-refractivity contribution in [3.8, 4) is 17.2 Å². The summed E-state index contributed by atoms with van der Waals surface area (Å²) in [6.07, 6.45) is 0. The Balaban J connectivity index is 3.13. The van der Waals surface area contributed by atoms with Crippen LogP contribution in [0.15, 0.2) is 12.1 Å². The number of hydrogen-bond acceptors (Lipinski definition) is 6. The molecule has 0 bridgehead atoms. The first kappa shape index (κ1) is 15.9. The van der Waals surface area contributed by atoms with E-state index in [1.807, 2.05) is 0 Å². The summed E-state index contributed by atoms with van der Waals surface area (Å²) < 4.78 is 62.8. The number of benzene rings is 1. The minimum atomic E-state index is -5.90. The van der Waals surface area contributed by atoms with E-state index in [9.17, 15) is 36.6 Å². The van der Waals surface area contributed by atoms with Gasteiger partial charge >= 0.3 is 15.5 Å². The van der Waals surface area contributed by atoms with Crippen molar-refractivity contribution in [3.05, 3.63) is 17.7 Å². The standard InChI is InChI=1S/C9H8F3NO6S/c1-19-7-5(14)2-4(3-6(7)15)8(16)13-20(17,18)9(10,11)12/h2-3,14-15H,1H3,(H,13,16)/p-1. The van der Waals surface area contributed by atoms with Crippen molar-refractivity contribution in [3.63, 3.8) is 0 Å². The third-order valence-corrected chi connectivity index (χ3v) is 3.10. The Labute approximate surface area is 110 Å². The number of carbonyl (C=O) groups is 1. The Bertz CT molecular complexity index is 617. The van der Waals surface area contributed by atoms with Gasteiger partial charge in [-0.2, -0.15) is 21.6 Å². The van der Waals surface area contributed by atoms with Crippen LogP contribution < -0.4 is 14.6 Å². The molecule has 0 fully saturated rings. The van der Waals surface area contributed by atoms with Gasteiger partial charge in [-0.05, 0) is 6.07 Å². The average molecular weight is 314 g/mol. The summed E-state index contributed by atoms with van der Waals surface area (Å²) in [5.74, 6) is -4.05. The average Bonchev–Trinajstić information content (AvgIpc) is 2.26. The Morgan fingerprint density at radius 2 is 1.95 bits per heavy atom. The maximum Gasteiger partial charge on any atom is 0.516 e. The minimum absolute atomic E-state index is 0.528. The predicted octanol–water partition coefficient (Wildman–Crippen LogP) is 0.0538. The SMILES string of the molecule is COc1c([O-])cc(C(=O)NS(=O)(=O)C(F)(F)F)cc1O. The van der Waals surface area contributed by atoms with Gasteiger partial charge in [-0.25, -0.2) is 4.72 Å². The second-order valence-electron chi connectivity index (χ2n) is 3.41. The Morgan fingerprint density at radius 3 is 2.35 bits per heavy atom. The number of rotatable bonds is 3. The molecule has 0 aliphatic rings. The molecule has 0 saturated carbocycles. The zero-order valence-electron chi connectivity index (χ0n) is 9.69. The maximum atomic E-state index is 12.1. The molecule has 0 aromatic heterocycles. The van der Waals surface area contributed by atoms with Crippen molar-refractivity contribution in [1.82, 2.24) is 4.72 Å². The predicted molar refractivity (Wildman–Crippen MR) is 56.5 cm³/mol. The molecule has 7 nitrogen and oxygen atoms in total. The van der Waals surface area contributed by atoms with Gasteiger partial charge in [0.1, 0.15) is 0 Å². The quantitative estimate of drug-likeness (QED) is 0.814. The summed E-state index contributed by atoms with van der Waals surface area (Å²) in [6.45, 7) is 0. The van der Waals surface area contributed by atoms with Crippen molar-refractivity contribution in [2.75, 3.05) is 7.11 Å². The van der Waals surface area contributed by atoms with Crippen LogP contribution in [0.1, 0.15) is 10.4 Å². The molecule has 0 atom stereocenters. The number of phenols is 1. The van der Waals surface area contributed by atoms with Crippen LogP contribution in [0.25, 0.3) is 0 Å². The van der Waals surface area contributed by atoms with E-state index in [4.69, 9.17) is 0 Å². The number of sulfonamides is 1. The van der Waals surface area contributed by atoms with Crippen LogP contribution >= 0.6 is 0 Å². The van der Waals surface area contributed by atoms with E-state index in [2.05, 4.69) is 4.74 Å². The molecule has 1 aromatic rings. The summed E-state index contributed by atoms with van der Waals surface area (Å²) in [5.41, 5.74) is -6.45. The number of carbonyl (C=O) groups excluding carboxylic acids is 1. The number of aromatic hydroxyl groups is 1. The normalized spacial score (nSPS) is 12.0. The van der Waals surface area contributed by atoms with Crippen LogP contribution in [0.3, 0.4) is 0 Å². The van der Waals surface area contributed by atoms with Crippen LogP contribution in [0.2, 0.25) is 0 Å². The van der Waals surface area contributed by atoms with Gasteiger partial charge in [0, 0.05) is 5.56 Å². The van der Waals surface area contributed by atoms with Gasteiger partial charge in [-0.15, -0.1) is 0 Å². The topological polar surface area (TPSA) is 116 Å². The summed E-state index contributed by atoms with van der Waals surface area (Å²) in [7, 11) is -4.86. The number of alkyl halides is 3. The molecule has 0 aliphatic heterocycles. The molecule has 1 rings (SSSR count). The number of hydrogen-bond donors (Lipinski definition) is 2. The van der Waals surface area contributed by atoms with Gasteiger partial charge < -0.3 is 14.9 Å². The molecule has 11 heteroatoms. The molecule has 0 aliphatic carbocycles. The molecule has 112 valence electrons. The molecular formula is C9H7F3NO6S-. The third-order valence-electron chi connectivity index (χ3n) is 2.03. The fourth-order valence-corrected chi connectivity index (χ4v) is 1.64. The first-order valence-corrected chi connectivity index (χ1v) is 6.19. The second-order valence-corrected chi connectivity index (χ2v) is 5.08. The maximum absolute atomic E-state index is 12.1. The Kier molecular flexibility index (Phi) is 4.03. The number of amides is 1. The summed E-state index contributed by atoms with van der Waals surface area (Å²) in [5, 5.41) is 20.6. The Morgan fingerprint density at radius 1 is 1.40 bits per heavy atom. The smallest absolute Gasteiger partial charge is 0.516 e. The number of ether oxygens (including phenoxy) is 1. The highest BCUT2D eigenvalue weighted by Crippen LogP contribution is 2.34. The zero-order chi connectivity index (χ0) is 15.7. The molecule has 0 radical (unpaired) electrons. The lowest BCUT2D eigenvalue weighted by atomic mass is 10.2. The fourth-order valence-electron chi connectivity index (χ4n) is 1.16. The lowest BCUT2D eigenvalue weighted by Gasteiger charge is -2.16. The summed E-state index contributed by atoms with van der Waals surface area (Å²) >= 11 is 0. The number of halogens is 3. The second kappa shape index (κ2) is 5.07. The zero-order valence-corrected chi connectivity index (χ0v) is 10.5. The first-order chi connectivity index (χ1) is 8.99. The van der Waals surface area contributed by atoms with E-state index >= 15 is 0 Å². The first-order valence-electron chi connectivity index (χ1n) is 4.71. The van der Waals surface area contributed by atoms with E-state index in [1.165, 1.54) is 0 Å². The lowest BCUT2D eigenvalue weighted by molar-refractivity contribution is -0.270. The van der Waals surface area contributed by atoms with Crippen molar-refractivity contribution >= 4 is 15.9 Å². The highest BCUT2D eigenvalue weighted by molar-refractivity contribution is 7.90. The molecule has 0 spiro atoms. The van der Waals surface area contributed by atoms with Gasteiger partial charge in [0.05, 0.1) is 7.11 Å². The van der Waals surface area contributed by atoms with E-state index in [0.717, 1.165) is 11.8 Å². The molecule has 0 saturated heterocycles. The number of phenolic OH excluding ortho intramolecular Hbond substituents is 1. The van der Waals surface area contributed by atoms with Gasteiger partial charge in [0.25, 0.3) is 5.91 Å². The van der Waals surface area contributed by atoms with Crippen LogP contribution in [-0.2, 0) is 10.0 Å². The molecule has 20 heavy (non-hydrogen) atoms. The Hall–Kier alpha value is -2.17. The van der Waals surface area contributed by atoms with Crippen LogP contribution in [0, 0.1) is 0 Å². The van der Waals surface area contributed by atoms with Crippen LogP contribution in [0.5, 0.6) is 17.2 Å². The van der Waals surface area contributed by atoms with Gasteiger partial charge in [-0.1, -0.05) is 11.8 Å². The molecule has 1 aromatic carbocycles. The monoisotopic (exact) mass is 314 g/mol. The largest absolute Gasteiger partial charge is 0.870 e. The summed E-state index contributed by atoms with van der Waals surface area (Å²) in [6, 6.07) is 1.13. The fraction of sp³-hybridized carbons (Fsp3) is 0.222. The molecule has 2 N–H and O–H groups in total.